The lowest BCUT2D eigenvalue weighted by molar-refractivity contribution is 0.269. The van der Waals surface area contributed by atoms with Crippen molar-refractivity contribution in [2.75, 3.05) is 27.2 Å². The van der Waals surface area contributed by atoms with Crippen molar-refractivity contribution in [3.05, 3.63) is 22.9 Å². The van der Waals surface area contributed by atoms with Crippen LogP contribution in [0.15, 0.2) is 6.07 Å². The van der Waals surface area contributed by atoms with Crippen LogP contribution in [0.3, 0.4) is 0 Å². The molecule has 20 heavy (non-hydrogen) atoms. The number of pyridine rings is 1. The van der Waals surface area contributed by atoms with Gasteiger partial charge < -0.3 is 15.0 Å². The Hall–Kier alpha value is -1.13. The largest absolute Gasteiger partial charge is 0.477 e. The monoisotopic (exact) mass is 277 g/mol. The molecule has 0 aromatic carbocycles. The van der Waals surface area contributed by atoms with E-state index in [1.807, 2.05) is 6.92 Å². The Morgan fingerprint density at radius 2 is 2.10 bits per heavy atom. The summed E-state index contributed by atoms with van der Waals surface area (Å²) in [5.74, 6) is 0.814. The SMILES string of the molecule is Cc1cc(C)c(CNC2CC2)c(OCCCN(C)C)n1. The highest BCUT2D eigenvalue weighted by molar-refractivity contribution is 5.36. The van der Waals surface area contributed by atoms with E-state index in [2.05, 4.69) is 42.3 Å². The van der Waals surface area contributed by atoms with Gasteiger partial charge in [-0.05, 0) is 58.8 Å². The molecule has 4 heteroatoms. The van der Waals surface area contributed by atoms with Crippen LogP contribution < -0.4 is 10.1 Å². The van der Waals surface area contributed by atoms with E-state index in [0.29, 0.717) is 6.04 Å². The molecule has 1 saturated carbocycles. The first-order valence-electron chi connectivity index (χ1n) is 7.54. The first kappa shape index (κ1) is 15.3. The maximum absolute atomic E-state index is 5.92. The standard InChI is InChI=1S/C16H27N3O/c1-12-10-13(2)18-16(20-9-5-8-19(3)4)15(12)11-17-14-6-7-14/h10,14,17H,5-9,11H2,1-4H3. The second-order valence-corrected chi connectivity index (χ2v) is 6.02. The molecule has 0 radical (unpaired) electrons. The maximum atomic E-state index is 5.92. The van der Waals surface area contributed by atoms with Gasteiger partial charge in [-0.1, -0.05) is 0 Å². The number of hydrogen-bond acceptors (Lipinski definition) is 4. The van der Waals surface area contributed by atoms with E-state index in [0.717, 1.165) is 37.7 Å². The Kier molecular flexibility index (Phi) is 5.38. The van der Waals surface area contributed by atoms with Crippen molar-refractivity contribution in [3.63, 3.8) is 0 Å². The van der Waals surface area contributed by atoms with Gasteiger partial charge in [0.05, 0.1) is 6.61 Å². The van der Waals surface area contributed by atoms with Gasteiger partial charge in [-0.2, -0.15) is 0 Å². The molecule has 0 spiro atoms. The molecule has 0 amide bonds. The zero-order chi connectivity index (χ0) is 14.5. The molecule has 4 nitrogen and oxygen atoms in total. The normalized spacial score (nSPS) is 14.8. The number of rotatable bonds is 8. The molecule has 112 valence electrons. The molecular formula is C16H27N3O. The van der Waals surface area contributed by atoms with Crippen molar-refractivity contribution in [1.82, 2.24) is 15.2 Å². The quantitative estimate of drug-likeness (QED) is 0.740. The lowest BCUT2D eigenvalue weighted by Gasteiger charge is -2.15. The fourth-order valence-corrected chi connectivity index (χ4v) is 2.25. The molecule has 1 aromatic heterocycles. The summed E-state index contributed by atoms with van der Waals surface area (Å²) in [6.45, 7) is 6.81. The van der Waals surface area contributed by atoms with Gasteiger partial charge in [0, 0.05) is 30.4 Å². The number of ether oxygens (including phenoxy) is 1. The summed E-state index contributed by atoms with van der Waals surface area (Å²) < 4.78 is 5.92. The highest BCUT2D eigenvalue weighted by Gasteiger charge is 2.21. The van der Waals surface area contributed by atoms with Crippen LogP contribution in [0.25, 0.3) is 0 Å². The number of aryl methyl sites for hydroxylation is 2. The molecule has 0 saturated heterocycles. The van der Waals surface area contributed by atoms with Crippen molar-refractivity contribution in [2.45, 2.75) is 45.7 Å². The molecule has 1 fully saturated rings. The Balaban J connectivity index is 1.96. The maximum Gasteiger partial charge on any atom is 0.218 e. The Labute approximate surface area is 122 Å². The first-order chi connectivity index (χ1) is 9.56. The van der Waals surface area contributed by atoms with Crippen LogP contribution in [0.1, 0.15) is 36.1 Å². The summed E-state index contributed by atoms with van der Waals surface area (Å²) in [6.07, 6.45) is 3.63. The highest BCUT2D eigenvalue weighted by atomic mass is 16.5. The van der Waals surface area contributed by atoms with E-state index >= 15 is 0 Å². The van der Waals surface area contributed by atoms with Gasteiger partial charge >= 0.3 is 0 Å². The third-order valence-electron chi connectivity index (χ3n) is 3.57. The minimum absolute atomic E-state index is 0.706. The van der Waals surface area contributed by atoms with Crippen molar-refractivity contribution >= 4 is 0 Å². The number of nitrogens with one attached hydrogen (secondary N) is 1. The average Bonchev–Trinajstić information content (AvgIpc) is 3.17. The third kappa shape index (κ3) is 4.76. The van der Waals surface area contributed by atoms with E-state index < -0.39 is 0 Å². The number of hydrogen-bond donors (Lipinski definition) is 1. The van der Waals surface area contributed by atoms with Gasteiger partial charge in [-0.15, -0.1) is 0 Å². The summed E-state index contributed by atoms with van der Waals surface area (Å²) in [7, 11) is 4.17. The zero-order valence-corrected chi connectivity index (χ0v) is 13.2. The predicted octanol–water partition coefficient (Wildman–Crippen LogP) is 2.28. The lowest BCUT2D eigenvalue weighted by Crippen LogP contribution is -2.19. The fraction of sp³-hybridized carbons (Fsp3) is 0.688. The van der Waals surface area contributed by atoms with Gasteiger partial charge in [0.15, 0.2) is 0 Å². The Morgan fingerprint density at radius 3 is 2.75 bits per heavy atom. The molecule has 0 unspecified atom stereocenters. The molecule has 0 bridgehead atoms. The molecule has 1 aromatic rings. The van der Waals surface area contributed by atoms with Crippen LogP contribution in [0, 0.1) is 13.8 Å². The minimum atomic E-state index is 0.706. The highest BCUT2D eigenvalue weighted by Crippen LogP contribution is 2.24. The van der Waals surface area contributed by atoms with Crippen molar-refractivity contribution < 1.29 is 4.74 Å². The van der Waals surface area contributed by atoms with Crippen molar-refractivity contribution in [3.8, 4) is 5.88 Å². The van der Waals surface area contributed by atoms with Gasteiger partial charge in [-0.25, -0.2) is 4.98 Å². The van der Waals surface area contributed by atoms with E-state index in [9.17, 15) is 0 Å². The van der Waals surface area contributed by atoms with E-state index in [1.165, 1.54) is 24.0 Å². The minimum Gasteiger partial charge on any atom is -0.477 e. The number of aromatic nitrogens is 1. The third-order valence-corrected chi connectivity index (χ3v) is 3.57. The Bertz CT molecular complexity index is 442. The van der Waals surface area contributed by atoms with E-state index in [4.69, 9.17) is 4.74 Å². The van der Waals surface area contributed by atoms with Crippen LogP contribution in [0.2, 0.25) is 0 Å². The second kappa shape index (κ2) is 7.04. The second-order valence-electron chi connectivity index (χ2n) is 6.02. The molecule has 0 aliphatic heterocycles. The van der Waals surface area contributed by atoms with Crippen LogP contribution in [0.4, 0.5) is 0 Å². The first-order valence-corrected chi connectivity index (χ1v) is 7.54. The molecule has 0 atom stereocenters. The molecule has 1 aliphatic carbocycles. The molecule has 1 N–H and O–H groups in total. The van der Waals surface area contributed by atoms with Gasteiger partial charge in [0.1, 0.15) is 0 Å². The van der Waals surface area contributed by atoms with Gasteiger partial charge in [-0.3, -0.25) is 0 Å². The Morgan fingerprint density at radius 1 is 1.35 bits per heavy atom. The fourth-order valence-electron chi connectivity index (χ4n) is 2.25. The summed E-state index contributed by atoms with van der Waals surface area (Å²) in [4.78, 5) is 6.75. The molecule has 1 aliphatic rings. The number of nitrogens with zero attached hydrogens (tertiary/aromatic N) is 2. The summed E-state index contributed by atoms with van der Waals surface area (Å²) >= 11 is 0. The summed E-state index contributed by atoms with van der Waals surface area (Å²) in [5.41, 5.74) is 3.51. The van der Waals surface area contributed by atoms with E-state index in [1.54, 1.807) is 0 Å². The average molecular weight is 277 g/mol. The lowest BCUT2D eigenvalue weighted by atomic mass is 10.1. The summed E-state index contributed by atoms with van der Waals surface area (Å²) in [6, 6.07) is 2.84. The predicted molar refractivity (Wildman–Crippen MR) is 82.2 cm³/mol. The van der Waals surface area contributed by atoms with Crippen molar-refractivity contribution in [2.24, 2.45) is 0 Å². The van der Waals surface area contributed by atoms with E-state index in [-0.39, 0.29) is 0 Å². The van der Waals surface area contributed by atoms with Crippen LogP contribution in [-0.4, -0.2) is 43.2 Å². The van der Waals surface area contributed by atoms with Crippen molar-refractivity contribution in [1.29, 1.82) is 0 Å². The molecule has 1 heterocycles. The van der Waals surface area contributed by atoms with Crippen LogP contribution in [-0.2, 0) is 6.54 Å². The van der Waals surface area contributed by atoms with Crippen LogP contribution >= 0.6 is 0 Å². The molecule has 2 rings (SSSR count). The smallest absolute Gasteiger partial charge is 0.218 e. The molecular weight excluding hydrogens is 250 g/mol. The van der Waals surface area contributed by atoms with Gasteiger partial charge in [0.2, 0.25) is 5.88 Å². The van der Waals surface area contributed by atoms with Crippen LogP contribution in [0.5, 0.6) is 5.88 Å². The summed E-state index contributed by atoms with van der Waals surface area (Å²) in [5, 5.41) is 3.55. The zero-order valence-electron chi connectivity index (χ0n) is 13.2. The topological polar surface area (TPSA) is 37.4 Å². The van der Waals surface area contributed by atoms with Gasteiger partial charge in [0.25, 0.3) is 0 Å².